The molecule has 0 bridgehead atoms. The van der Waals surface area contributed by atoms with Gasteiger partial charge in [0.1, 0.15) is 25.1 Å². The zero-order chi connectivity index (χ0) is 16.8. The molecule has 1 aromatic carbocycles. The van der Waals surface area contributed by atoms with Crippen molar-refractivity contribution in [3.63, 3.8) is 0 Å². The summed E-state index contributed by atoms with van der Waals surface area (Å²) in [5, 5.41) is 21.0. The average molecular weight is 307 g/mol. The molecule has 0 spiro atoms. The number of nitriles is 2. The minimum atomic E-state index is 0.0255. The van der Waals surface area contributed by atoms with Crippen molar-refractivity contribution in [2.24, 2.45) is 0 Å². The van der Waals surface area contributed by atoms with E-state index in [1.165, 1.54) is 11.2 Å². The summed E-state index contributed by atoms with van der Waals surface area (Å²) in [6, 6.07) is 10.0. The van der Waals surface area contributed by atoms with Crippen molar-refractivity contribution >= 4 is 23.0 Å². The second-order valence-electron chi connectivity index (χ2n) is 5.08. The second-order valence-corrected chi connectivity index (χ2v) is 5.08. The standard InChI is InChI=1S/C16H17N7/c1-11-3-4-12(2)13(9-11)22-15-14(19)16(21-10-20-15)23(7-5-17)8-6-18/h3-4,9-10H,7-8,19H2,1-2H3,(H,20,21,22). The third kappa shape index (κ3) is 3.66. The Bertz CT molecular complexity index is 770. The monoisotopic (exact) mass is 307 g/mol. The molecule has 0 aliphatic rings. The fourth-order valence-electron chi connectivity index (χ4n) is 2.11. The molecule has 0 saturated heterocycles. The van der Waals surface area contributed by atoms with Crippen LogP contribution in [0.4, 0.5) is 23.0 Å². The third-order valence-corrected chi connectivity index (χ3v) is 3.33. The van der Waals surface area contributed by atoms with Crippen LogP contribution < -0.4 is 16.0 Å². The summed E-state index contributed by atoms with van der Waals surface area (Å²) in [5.74, 6) is 0.820. The highest BCUT2D eigenvalue weighted by molar-refractivity contribution is 5.79. The van der Waals surface area contributed by atoms with Gasteiger partial charge in [0.2, 0.25) is 0 Å². The molecule has 7 nitrogen and oxygen atoms in total. The number of hydrogen-bond acceptors (Lipinski definition) is 7. The van der Waals surface area contributed by atoms with Gasteiger partial charge in [0.15, 0.2) is 11.6 Å². The van der Waals surface area contributed by atoms with Gasteiger partial charge in [-0.2, -0.15) is 10.5 Å². The van der Waals surface area contributed by atoms with Crippen LogP contribution >= 0.6 is 0 Å². The van der Waals surface area contributed by atoms with Crippen molar-refractivity contribution in [2.45, 2.75) is 13.8 Å². The van der Waals surface area contributed by atoms with Gasteiger partial charge in [-0.25, -0.2) is 9.97 Å². The van der Waals surface area contributed by atoms with Gasteiger partial charge in [-0.05, 0) is 31.0 Å². The Morgan fingerprint density at radius 2 is 1.87 bits per heavy atom. The Kier molecular flexibility index (Phi) is 4.96. The minimum absolute atomic E-state index is 0.0255. The maximum absolute atomic E-state index is 8.89. The van der Waals surface area contributed by atoms with E-state index >= 15 is 0 Å². The highest BCUT2D eigenvalue weighted by atomic mass is 15.2. The zero-order valence-electron chi connectivity index (χ0n) is 13.0. The Morgan fingerprint density at radius 3 is 2.52 bits per heavy atom. The molecular weight excluding hydrogens is 290 g/mol. The number of nitrogen functional groups attached to an aromatic ring is 1. The van der Waals surface area contributed by atoms with E-state index < -0.39 is 0 Å². The predicted octanol–water partition coefficient (Wildman–Crippen LogP) is 2.27. The normalized spacial score (nSPS) is 9.74. The van der Waals surface area contributed by atoms with E-state index in [0.29, 0.717) is 17.3 Å². The topological polar surface area (TPSA) is 115 Å². The lowest BCUT2D eigenvalue weighted by Crippen LogP contribution is -2.26. The number of anilines is 4. The molecule has 0 aliphatic carbocycles. The molecule has 0 unspecified atom stereocenters. The maximum Gasteiger partial charge on any atom is 0.159 e. The molecule has 0 saturated carbocycles. The molecule has 0 radical (unpaired) electrons. The first-order valence-electron chi connectivity index (χ1n) is 7.00. The molecule has 1 aromatic heterocycles. The van der Waals surface area contributed by atoms with Crippen LogP contribution in [0.5, 0.6) is 0 Å². The number of aromatic nitrogens is 2. The van der Waals surface area contributed by atoms with E-state index in [-0.39, 0.29) is 13.1 Å². The number of nitrogens with zero attached hydrogens (tertiary/aromatic N) is 5. The van der Waals surface area contributed by atoms with Gasteiger partial charge in [-0.3, -0.25) is 0 Å². The quantitative estimate of drug-likeness (QED) is 0.814. The molecule has 2 rings (SSSR count). The number of hydrogen-bond donors (Lipinski definition) is 2. The van der Waals surface area contributed by atoms with Crippen LogP contribution in [-0.4, -0.2) is 23.1 Å². The number of aryl methyl sites for hydroxylation is 2. The lowest BCUT2D eigenvalue weighted by Gasteiger charge is -2.20. The summed E-state index contributed by atoms with van der Waals surface area (Å²) in [7, 11) is 0. The van der Waals surface area contributed by atoms with Crippen LogP contribution in [0.15, 0.2) is 24.5 Å². The number of nitrogens with two attached hydrogens (primary N) is 1. The van der Waals surface area contributed by atoms with Crippen molar-refractivity contribution in [3.05, 3.63) is 35.7 Å². The summed E-state index contributed by atoms with van der Waals surface area (Å²) < 4.78 is 0. The number of rotatable bonds is 5. The molecule has 0 aliphatic heterocycles. The van der Waals surface area contributed by atoms with E-state index in [1.807, 2.05) is 44.2 Å². The average Bonchev–Trinajstić information content (AvgIpc) is 2.53. The molecule has 1 heterocycles. The van der Waals surface area contributed by atoms with Gasteiger partial charge in [0.25, 0.3) is 0 Å². The van der Waals surface area contributed by atoms with Crippen LogP contribution in [0, 0.1) is 36.5 Å². The molecule has 116 valence electrons. The highest BCUT2D eigenvalue weighted by Gasteiger charge is 2.15. The molecule has 0 fully saturated rings. The Labute approximate surface area is 135 Å². The van der Waals surface area contributed by atoms with Crippen LogP contribution in [0.2, 0.25) is 0 Å². The number of nitrogens with one attached hydrogen (secondary N) is 1. The largest absolute Gasteiger partial charge is 0.393 e. The van der Waals surface area contributed by atoms with E-state index in [9.17, 15) is 0 Å². The fraction of sp³-hybridized carbons (Fsp3) is 0.250. The van der Waals surface area contributed by atoms with E-state index in [1.54, 1.807) is 0 Å². The number of benzene rings is 1. The summed E-state index contributed by atoms with van der Waals surface area (Å²) in [6.07, 6.45) is 1.36. The van der Waals surface area contributed by atoms with Gasteiger partial charge in [0, 0.05) is 5.69 Å². The van der Waals surface area contributed by atoms with Crippen LogP contribution in [0.3, 0.4) is 0 Å². The molecule has 7 heteroatoms. The zero-order valence-corrected chi connectivity index (χ0v) is 13.0. The summed E-state index contributed by atoms with van der Waals surface area (Å²) in [6.45, 7) is 4.04. The molecule has 0 atom stereocenters. The molecule has 0 amide bonds. The summed E-state index contributed by atoms with van der Waals surface area (Å²) >= 11 is 0. The van der Waals surface area contributed by atoms with Crippen LogP contribution in [-0.2, 0) is 0 Å². The van der Waals surface area contributed by atoms with Crippen molar-refractivity contribution in [1.82, 2.24) is 9.97 Å². The van der Waals surface area contributed by atoms with Crippen molar-refractivity contribution in [2.75, 3.05) is 29.0 Å². The first-order valence-corrected chi connectivity index (χ1v) is 7.00. The molecule has 23 heavy (non-hydrogen) atoms. The molecule has 3 N–H and O–H groups in total. The maximum atomic E-state index is 8.89. The van der Waals surface area contributed by atoms with Gasteiger partial charge in [-0.15, -0.1) is 0 Å². The fourth-order valence-corrected chi connectivity index (χ4v) is 2.11. The van der Waals surface area contributed by atoms with Gasteiger partial charge < -0.3 is 16.0 Å². The van der Waals surface area contributed by atoms with Crippen LogP contribution in [0.1, 0.15) is 11.1 Å². The van der Waals surface area contributed by atoms with E-state index in [0.717, 1.165) is 16.8 Å². The third-order valence-electron chi connectivity index (χ3n) is 3.33. The minimum Gasteiger partial charge on any atom is -0.393 e. The first kappa shape index (κ1) is 16.1. The lowest BCUT2D eigenvalue weighted by molar-refractivity contribution is 0.929. The smallest absolute Gasteiger partial charge is 0.159 e. The van der Waals surface area contributed by atoms with E-state index in [2.05, 4.69) is 15.3 Å². The van der Waals surface area contributed by atoms with Gasteiger partial charge in [-0.1, -0.05) is 12.1 Å². The van der Waals surface area contributed by atoms with Gasteiger partial charge >= 0.3 is 0 Å². The van der Waals surface area contributed by atoms with E-state index in [4.69, 9.17) is 16.3 Å². The Hall–Kier alpha value is -3.32. The Morgan fingerprint density at radius 1 is 1.17 bits per heavy atom. The molecule has 2 aromatic rings. The first-order chi connectivity index (χ1) is 11.1. The van der Waals surface area contributed by atoms with Crippen molar-refractivity contribution in [1.29, 1.82) is 10.5 Å². The highest BCUT2D eigenvalue weighted by Crippen LogP contribution is 2.29. The SMILES string of the molecule is Cc1ccc(C)c(Nc2ncnc(N(CC#N)CC#N)c2N)c1. The van der Waals surface area contributed by atoms with Crippen molar-refractivity contribution in [3.8, 4) is 12.1 Å². The Balaban J connectivity index is 2.38. The van der Waals surface area contributed by atoms with Gasteiger partial charge in [0.05, 0.1) is 12.1 Å². The second kappa shape index (κ2) is 7.10. The lowest BCUT2D eigenvalue weighted by atomic mass is 10.1. The predicted molar refractivity (Wildman–Crippen MR) is 89.1 cm³/mol. The summed E-state index contributed by atoms with van der Waals surface area (Å²) in [5.41, 5.74) is 9.50. The van der Waals surface area contributed by atoms with Crippen molar-refractivity contribution < 1.29 is 0 Å². The summed E-state index contributed by atoms with van der Waals surface area (Å²) in [4.78, 5) is 9.78. The molecular formula is C16H17N7. The van der Waals surface area contributed by atoms with Crippen LogP contribution in [0.25, 0.3) is 0 Å².